The van der Waals surface area contributed by atoms with Gasteiger partial charge in [-0.3, -0.25) is 0 Å². The predicted molar refractivity (Wildman–Crippen MR) is 43.8 cm³/mol. The summed E-state index contributed by atoms with van der Waals surface area (Å²) in [5.74, 6) is 0. The molecule has 52 valence electrons. The lowest BCUT2D eigenvalue weighted by Gasteiger charge is -2.15. The summed E-state index contributed by atoms with van der Waals surface area (Å²) >= 11 is 0. The molecule has 0 aliphatic heterocycles. The molecule has 0 unspecified atom stereocenters. The van der Waals surface area contributed by atoms with Gasteiger partial charge in [0.05, 0.1) is 0 Å². The monoisotopic (exact) mass is 132 g/mol. The molecule has 2 aliphatic carbocycles. The molecule has 0 aromatic rings. The Labute approximate surface area is 61.9 Å². The smallest absolute Gasteiger partial charge is 0.0102 e. The molecule has 0 aromatic carbocycles. The minimum absolute atomic E-state index is 1.24. The molecule has 1 fully saturated rings. The third-order valence-corrected chi connectivity index (χ3v) is 2.22. The summed E-state index contributed by atoms with van der Waals surface area (Å²) in [5.41, 5.74) is 3.23. The summed E-state index contributed by atoms with van der Waals surface area (Å²) in [6.45, 7) is 0. The molecule has 0 spiro atoms. The minimum Gasteiger partial charge on any atom is -0.0661 e. The Morgan fingerprint density at radius 3 is 2.10 bits per heavy atom. The highest BCUT2D eigenvalue weighted by Gasteiger charge is 2.09. The van der Waals surface area contributed by atoms with Crippen molar-refractivity contribution in [3.8, 4) is 0 Å². The summed E-state index contributed by atoms with van der Waals surface area (Å²) in [4.78, 5) is 0. The summed E-state index contributed by atoms with van der Waals surface area (Å²) in [7, 11) is 0. The SMILES string of the molecule is C1=CC=C2CCCC(=C1)C2. The number of allylic oxidation sites excluding steroid dienone is 6. The van der Waals surface area contributed by atoms with Crippen LogP contribution in [-0.2, 0) is 0 Å². The number of hydrogen-bond donors (Lipinski definition) is 0. The minimum atomic E-state index is 1.24. The van der Waals surface area contributed by atoms with Gasteiger partial charge in [-0.25, -0.2) is 0 Å². The Morgan fingerprint density at radius 2 is 1.50 bits per heavy atom. The van der Waals surface area contributed by atoms with E-state index in [1.165, 1.54) is 25.7 Å². The van der Waals surface area contributed by atoms with Crippen molar-refractivity contribution < 1.29 is 0 Å². The molecular formula is C10H12. The lowest BCUT2D eigenvalue weighted by atomic mass is 9.91. The average molecular weight is 132 g/mol. The van der Waals surface area contributed by atoms with Crippen LogP contribution in [-0.4, -0.2) is 0 Å². The van der Waals surface area contributed by atoms with Crippen molar-refractivity contribution in [1.29, 1.82) is 0 Å². The summed E-state index contributed by atoms with van der Waals surface area (Å²) in [5, 5.41) is 0. The second-order valence-electron chi connectivity index (χ2n) is 3.07. The molecule has 0 amide bonds. The van der Waals surface area contributed by atoms with E-state index in [1.807, 2.05) is 0 Å². The van der Waals surface area contributed by atoms with Crippen molar-refractivity contribution in [3.05, 3.63) is 35.5 Å². The third kappa shape index (κ3) is 1.06. The van der Waals surface area contributed by atoms with E-state index in [9.17, 15) is 0 Å². The maximum Gasteiger partial charge on any atom is -0.0102 e. The molecular weight excluding hydrogens is 120 g/mol. The molecule has 0 heterocycles. The van der Waals surface area contributed by atoms with E-state index in [0.29, 0.717) is 0 Å². The Balaban J connectivity index is 2.31. The second kappa shape index (κ2) is 2.45. The molecule has 2 aliphatic rings. The highest BCUT2D eigenvalue weighted by atomic mass is 14.1. The molecule has 0 radical (unpaired) electrons. The Kier molecular flexibility index (Phi) is 1.46. The van der Waals surface area contributed by atoms with Crippen molar-refractivity contribution in [2.45, 2.75) is 25.7 Å². The molecule has 0 heteroatoms. The Bertz CT molecular complexity index is 194. The first-order valence-corrected chi connectivity index (χ1v) is 3.99. The molecule has 0 saturated heterocycles. The summed E-state index contributed by atoms with van der Waals surface area (Å²) < 4.78 is 0. The normalized spacial score (nSPS) is 23.2. The lowest BCUT2D eigenvalue weighted by molar-refractivity contribution is 0.714. The van der Waals surface area contributed by atoms with Gasteiger partial charge in [0.15, 0.2) is 0 Å². The molecule has 0 atom stereocenters. The van der Waals surface area contributed by atoms with Crippen LogP contribution in [0.4, 0.5) is 0 Å². The number of hydrogen-bond acceptors (Lipinski definition) is 0. The lowest BCUT2D eigenvalue weighted by Crippen LogP contribution is -1.95. The van der Waals surface area contributed by atoms with E-state index in [2.05, 4.69) is 24.3 Å². The van der Waals surface area contributed by atoms with E-state index in [0.717, 1.165) is 0 Å². The standard InChI is InChI=1S/C10H12/c1-2-5-10-7-3-6-9(4-1)8-10/h1-2,4-5H,3,6-8H2. The number of fused-ring (bicyclic) bond motifs is 2. The molecule has 0 N–H and O–H groups in total. The van der Waals surface area contributed by atoms with E-state index in [4.69, 9.17) is 0 Å². The molecule has 2 bridgehead atoms. The van der Waals surface area contributed by atoms with Gasteiger partial charge in [-0.15, -0.1) is 0 Å². The van der Waals surface area contributed by atoms with Gasteiger partial charge in [-0.1, -0.05) is 35.5 Å². The van der Waals surface area contributed by atoms with E-state index >= 15 is 0 Å². The number of rotatable bonds is 0. The van der Waals surface area contributed by atoms with Gasteiger partial charge < -0.3 is 0 Å². The average Bonchev–Trinajstić information content (AvgIpc) is 2.12. The molecule has 0 nitrogen and oxygen atoms in total. The van der Waals surface area contributed by atoms with Crippen LogP contribution in [0.2, 0.25) is 0 Å². The van der Waals surface area contributed by atoms with Crippen LogP contribution in [0, 0.1) is 0 Å². The van der Waals surface area contributed by atoms with Crippen molar-refractivity contribution in [1.82, 2.24) is 0 Å². The predicted octanol–water partition coefficient (Wildman–Crippen LogP) is 2.98. The maximum absolute atomic E-state index is 2.27. The van der Waals surface area contributed by atoms with E-state index < -0.39 is 0 Å². The first-order valence-electron chi connectivity index (χ1n) is 3.99. The van der Waals surface area contributed by atoms with Crippen LogP contribution in [0.3, 0.4) is 0 Å². The van der Waals surface area contributed by atoms with Crippen LogP contribution < -0.4 is 0 Å². The highest BCUT2D eigenvalue weighted by Crippen LogP contribution is 2.28. The van der Waals surface area contributed by atoms with Crippen molar-refractivity contribution in [2.24, 2.45) is 0 Å². The summed E-state index contributed by atoms with van der Waals surface area (Å²) in [6.07, 6.45) is 14.1. The Hall–Kier alpha value is -0.780. The van der Waals surface area contributed by atoms with Crippen LogP contribution in [0.5, 0.6) is 0 Å². The van der Waals surface area contributed by atoms with Crippen LogP contribution in [0.25, 0.3) is 0 Å². The fourth-order valence-electron chi connectivity index (χ4n) is 1.68. The molecule has 0 aromatic heterocycles. The van der Waals surface area contributed by atoms with Crippen molar-refractivity contribution >= 4 is 0 Å². The van der Waals surface area contributed by atoms with Crippen molar-refractivity contribution in [3.63, 3.8) is 0 Å². The van der Waals surface area contributed by atoms with Gasteiger partial charge in [0.25, 0.3) is 0 Å². The van der Waals surface area contributed by atoms with Crippen LogP contribution in [0.1, 0.15) is 25.7 Å². The third-order valence-electron chi connectivity index (χ3n) is 2.22. The zero-order valence-electron chi connectivity index (χ0n) is 6.14. The molecule has 1 saturated carbocycles. The topological polar surface area (TPSA) is 0 Å². The second-order valence-corrected chi connectivity index (χ2v) is 3.07. The molecule has 10 heavy (non-hydrogen) atoms. The first kappa shape index (κ1) is 5.96. The van der Waals surface area contributed by atoms with E-state index in [1.54, 1.807) is 11.1 Å². The first-order chi connectivity index (χ1) is 4.95. The fourth-order valence-corrected chi connectivity index (χ4v) is 1.68. The van der Waals surface area contributed by atoms with Gasteiger partial charge in [0.2, 0.25) is 0 Å². The van der Waals surface area contributed by atoms with Crippen molar-refractivity contribution in [2.75, 3.05) is 0 Å². The summed E-state index contributed by atoms with van der Waals surface area (Å²) in [6, 6.07) is 0. The largest absolute Gasteiger partial charge is 0.0661 e. The molecule has 2 rings (SSSR count). The van der Waals surface area contributed by atoms with Gasteiger partial charge in [-0.05, 0) is 25.7 Å². The zero-order valence-corrected chi connectivity index (χ0v) is 6.14. The van der Waals surface area contributed by atoms with Gasteiger partial charge in [0, 0.05) is 0 Å². The quantitative estimate of drug-likeness (QED) is 0.475. The highest BCUT2D eigenvalue weighted by molar-refractivity contribution is 5.30. The van der Waals surface area contributed by atoms with Gasteiger partial charge >= 0.3 is 0 Å². The van der Waals surface area contributed by atoms with Gasteiger partial charge in [0.1, 0.15) is 0 Å². The Morgan fingerprint density at radius 1 is 0.900 bits per heavy atom. The zero-order chi connectivity index (χ0) is 6.81. The van der Waals surface area contributed by atoms with Gasteiger partial charge in [-0.2, -0.15) is 0 Å². The van der Waals surface area contributed by atoms with Crippen LogP contribution in [0.15, 0.2) is 35.5 Å². The fraction of sp³-hybridized carbons (Fsp3) is 0.400. The van der Waals surface area contributed by atoms with E-state index in [-0.39, 0.29) is 0 Å². The maximum atomic E-state index is 2.27. The van der Waals surface area contributed by atoms with Crippen LogP contribution >= 0.6 is 0 Å².